The molecule has 0 radical (unpaired) electrons. The number of carbonyl (C=O) groups is 2. The predicted octanol–water partition coefficient (Wildman–Crippen LogP) is 3.39. The van der Waals surface area contributed by atoms with Crippen LogP contribution in [0.4, 0.5) is 0 Å². The summed E-state index contributed by atoms with van der Waals surface area (Å²) in [5.74, 6) is 0.844. The first kappa shape index (κ1) is 15.7. The third kappa shape index (κ3) is 2.62. The molecule has 24 heavy (non-hydrogen) atoms. The molecule has 128 valence electrons. The van der Waals surface area contributed by atoms with Gasteiger partial charge >= 0.3 is 5.97 Å². The zero-order valence-electron chi connectivity index (χ0n) is 14.1. The number of carbonyl (C=O) groups excluding carboxylic acids is 1. The molecule has 0 aromatic heterocycles. The maximum absolute atomic E-state index is 12.6. The summed E-state index contributed by atoms with van der Waals surface area (Å²) in [6, 6.07) is 6.57. The lowest BCUT2D eigenvalue weighted by Crippen LogP contribution is -2.59. The van der Waals surface area contributed by atoms with Gasteiger partial charge in [-0.2, -0.15) is 0 Å². The van der Waals surface area contributed by atoms with Crippen molar-refractivity contribution in [3.63, 3.8) is 0 Å². The van der Waals surface area contributed by atoms with Crippen LogP contribution in [0.1, 0.15) is 54.4 Å². The van der Waals surface area contributed by atoms with Gasteiger partial charge in [-0.1, -0.05) is 17.7 Å². The molecule has 1 atom stereocenters. The van der Waals surface area contributed by atoms with E-state index in [1.54, 1.807) is 6.07 Å². The van der Waals surface area contributed by atoms with Crippen molar-refractivity contribution in [2.75, 3.05) is 0 Å². The van der Waals surface area contributed by atoms with Gasteiger partial charge in [0.2, 0.25) is 0 Å². The van der Waals surface area contributed by atoms with Crippen LogP contribution in [-0.2, 0) is 4.79 Å². The van der Waals surface area contributed by atoms with Gasteiger partial charge in [0.1, 0.15) is 6.04 Å². The minimum atomic E-state index is -0.877. The summed E-state index contributed by atoms with van der Waals surface area (Å²) in [7, 11) is 0. The summed E-state index contributed by atoms with van der Waals surface area (Å²) in [4.78, 5) is 24.7. The molecular formula is C20H25NO3. The van der Waals surface area contributed by atoms with Crippen LogP contribution in [0.2, 0.25) is 0 Å². The number of hydrogen-bond donors (Lipinski definition) is 2. The number of aliphatic carboxylic acids is 1. The van der Waals surface area contributed by atoms with Crippen LogP contribution in [0, 0.1) is 30.1 Å². The molecule has 4 aliphatic carbocycles. The van der Waals surface area contributed by atoms with Crippen LogP contribution in [0.25, 0.3) is 0 Å². The summed E-state index contributed by atoms with van der Waals surface area (Å²) in [6.07, 6.45) is 6.67. The predicted molar refractivity (Wildman–Crippen MR) is 90.7 cm³/mol. The Labute approximate surface area is 142 Å². The van der Waals surface area contributed by atoms with Crippen LogP contribution >= 0.6 is 0 Å². The first-order chi connectivity index (χ1) is 11.4. The van der Waals surface area contributed by atoms with E-state index < -0.39 is 12.0 Å². The van der Waals surface area contributed by atoms with Gasteiger partial charge in [0.05, 0.1) is 0 Å². The fourth-order valence-electron chi connectivity index (χ4n) is 6.01. The number of benzene rings is 1. The van der Waals surface area contributed by atoms with E-state index in [2.05, 4.69) is 5.32 Å². The summed E-state index contributed by atoms with van der Waals surface area (Å²) in [5, 5.41) is 12.7. The fourth-order valence-corrected chi connectivity index (χ4v) is 6.01. The second-order valence-electron chi connectivity index (χ2n) is 8.39. The van der Waals surface area contributed by atoms with Crippen LogP contribution in [0.15, 0.2) is 24.3 Å². The Morgan fingerprint density at radius 1 is 1.12 bits per heavy atom. The van der Waals surface area contributed by atoms with Gasteiger partial charge in [0.15, 0.2) is 0 Å². The smallest absolute Gasteiger partial charge is 0.326 e. The number of carboxylic acid groups (broad SMARTS) is 1. The van der Waals surface area contributed by atoms with E-state index in [0.29, 0.717) is 23.3 Å². The van der Waals surface area contributed by atoms with Crippen molar-refractivity contribution in [1.82, 2.24) is 5.32 Å². The fraction of sp³-hybridized carbons (Fsp3) is 0.600. The first-order valence-electron chi connectivity index (χ1n) is 9.05. The third-order valence-corrected chi connectivity index (χ3v) is 6.50. The summed E-state index contributed by atoms with van der Waals surface area (Å²) in [6.45, 7) is 1.94. The molecule has 1 amide bonds. The van der Waals surface area contributed by atoms with Crippen molar-refractivity contribution in [2.45, 2.75) is 51.5 Å². The Morgan fingerprint density at radius 3 is 2.21 bits per heavy atom. The van der Waals surface area contributed by atoms with Crippen molar-refractivity contribution in [3.05, 3.63) is 35.4 Å². The zero-order valence-corrected chi connectivity index (χ0v) is 14.1. The molecular weight excluding hydrogens is 302 g/mol. The van der Waals surface area contributed by atoms with E-state index in [9.17, 15) is 14.7 Å². The maximum atomic E-state index is 12.6. The van der Waals surface area contributed by atoms with Gasteiger partial charge < -0.3 is 10.4 Å². The third-order valence-electron chi connectivity index (χ3n) is 6.50. The number of carboxylic acids is 1. The average Bonchev–Trinajstić information content (AvgIpc) is 2.50. The maximum Gasteiger partial charge on any atom is 0.326 e. The second kappa shape index (κ2) is 5.61. The molecule has 1 aromatic rings. The van der Waals surface area contributed by atoms with E-state index in [4.69, 9.17) is 0 Å². The second-order valence-corrected chi connectivity index (χ2v) is 8.39. The molecule has 4 nitrogen and oxygen atoms in total. The Hall–Kier alpha value is -1.84. The standard InChI is InChI=1S/C20H25NO3/c1-12-3-2-4-16(5-12)18(22)21-17(19(23)24)20-9-13-6-14(10-20)8-15(7-13)11-20/h2-5,13-15,17H,6-11H2,1H3,(H,21,22)(H,23,24). The Kier molecular flexibility index (Phi) is 3.66. The highest BCUT2D eigenvalue weighted by Gasteiger charge is 2.56. The van der Waals surface area contributed by atoms with Gasteiger partial charge in [-0.25, -0.2) is 4.79 Å². The minimum Gasteiger partial charge on any atom is -0.480 e. The van der Waals surface area contributed by atoms with Crippen molar-refractivity contribution in [1.29, 1.82) is 0 Å². The molecule has 4 fully saturated rings. The molecule has 4 heteroatoms. The monoisotopic (exact) mass is 327 g/mol. The van der Waals surface area contributed by atoms with Gasteiger partial charge in [0.25, 0.3) is 5.91 Å². The normalized spacial score (nSPS) is 34.8. The van der Waals surface area contributed by atoms with Crippen molar-refractivity contribution in [2.24, 2.45) is 23.2 Å². The highest BCUT2D eigenvalue weighted by atomic mass is 16.4. The Balaban J connectivity index is 1.59. The minimum absolute atomic E-state index is 0.236. The molecule has 1 aromatic carbocycles. The summed E-state index contributed by atoms with van der Waals surface area (Å²) < 4.78 is 0. The SMILES string of the molecule is Cc1cccc(C(=O)NC(C(=O)O)C23CC4CC(CC(C4)C2)C3)c1. The van der Waals surface area contributed by atoms with Crippen LogP contribution in [0.5, 0.6) is 0 Å². The molecule has 0 saturated heterocycles. The van der Waals surface area contributed by atoms with Crippen LogP contribution < -0.4 is 5.32 Å². The van der Waals surface area contributed by atoms with Gasteiger partial charge in [-0.3, -0.25) is 4.79 Å². The van der Waals surface area contributed by atoms with Crippen LogP contribution in [-0.4, -0.2) is 23.0 Å². The zero-order chi connectivity index (χ0) is 16.9. The van der Waals surface area contributed by atoms with E-state index in [0.717, 1.165) is 24.8 Å². The molecule has 4 bridgehead atoms. The number of amides is 1. The van der Waals surface area contributed by atoms with E-state index >= 15 is 0 Å². The van der Waals surface area contributed by atoms with E-state index in [1.165, 1.54) is 19.3 Å². The summed E-state index contributed by atoms with van der Waals surface area (Å²) >= 11 is 0. The van der Waals surface area contributed by atoms with Crippen molar-refractivity contribution in [3.8, 4) is 0 Å². The van der Waals surface area contributed by atoms with Crippen molar-refractivity contribution < 1.29 is 14.7 Å². The van der Waals surface area contributed by atoms with Gasteiger partial charge in [-0.15, -0.1) is 0 Å². The Bertz CT molecular complexity index is 646. The molecule has 4 saturated carbocycles. The number of hydrogen-bond acceptors (Lipinski definition) is 2. The van der Waals surface area contributed by atoms with E-state index in [-0.39, 0.29) is 11.3 Å². The highest BCUT2D eigenvalue weighted by molar-refractivity contribution is 5.97. The molecule has 0 heterocycles. The molecule has 4 aliphatic rings. The lowest BCUT2D eigenvalue weighted by atomic mass is 9.47. The summed E-state index contributed by atoms with van der Waals surface area (Å²) in [5.41, 5.74) is 1.32. The number of aryl methyl sites for hydroxylation is 1. The van der Waals surface area contributed by atoms with Crippen molar-refractivity contribution >= 4 is 11.9 Å². The van der Waals surface area contributed by atoms with Gasteiger partial charge in [-0.05, 0) is 75.3 Å². The molecule has 1 unspecified atom stereocenters. The Morgan fingerprint density at radius 2 is 1.71 bits per heavy atom. The molecule has 0 spiro atoms. The quantitative estimate of drug-likeness (QED) is 0.891. The molecule has 5 rings (SSSR count). The lowest BCUT2D eigenvalue weighted by molar-refractivity contribution is -0.150. The number of rotatable bonds is 4. The average molecular weight is 327 g/mol. The van der Waals surface area contributed by atoms with Crippen LogP contribution in [0.3, 0.4) is 0 Å². The highest BCUT2D eigenvalue weighted by Crippen LogP contribution is 2.61. The topological polar surface area (TPSA) is 66.4 Å². The first-order valence-corrected chi connectivity index (χ1v) is 9.05. The largest absolute Gasteiger partial charge is 0.480 e. The van der Waals surface area contributed by atoms with Gasteiger partial charge in [0, 0.05) is 11.0 Å². The molecule has 2 N–H and O–H groups in total. The number of nitrogens with one attached hydrogen (secondary N) is 1. The van der Waals surface area contributed by atoms with E-state index in [1.807, 2.05) is 25.1 Å². The molecule has 0 aliphatic heterocycles. The lowest BCUT2D eigenvalue weighted by Gasteiger charge is -2.58.